The summed E-state index contributed by atoms with van der Waals surface area (Å²) in [6.45, 7) is 0. The molecule has 0 aliphatic rings. The predicted octanol–water partition coefficient (Wildman–Crippen LogP) is 2.27. The highest BCUT2D eigenvalue weighted by molar-refractivity contribution is 6.00. The number of amidine groups is 1. The number of hydrogen-bond donors (Lipinski definition) is 2. The summed E-state index contributed by atoms with van der Waals surface area (Å²) in [5.41, 5.74) is 7.62. The molecule has 18 heavy (non-hydrogen) atoms. The third kappa shape index (κ3) is 2.29. The van der Waals surface area contributed by atoms with Crippen LogP contribution in [0, 0.1) is 11.2 Å². The van der Waals surface area contributed by atoms with Gasteiger partial charge in [0.15, 0.2) is 0 Å². The molecular weight excluding hydrogens is 231 g/mol. The number of halogens is 1. The third-order valence-electron chi connectivity index (χ3n) is 2.67. The predicted molar refractivity (Wildman–Crippen MR) is 69.7 cm³/mol. The van der Waals surface area contributed by atoms with Gasteiger partial charge < -0.3 is 10.6 Å². The second-order valence-electron chi connectivity index (χ2n) is 3.84. The first kappa shape index (κ1) is 12.0. The van der Waals surface area contributed by atoms with Crippen molar-refractivity contribution in [3.05, 3.63) is 54.1 Å². The van der Waals surface area contributed by atoms with Crippen LogP contribution in [0.5, 0.6) is 0 Å². The smallest absolute Gasteiger partial charge is 0.125 e. The molecule has 1 aromatic carbocycles. The van der Waals surface area contributed by atoms with Gasteiger partial charge >= 0.3 is 0 Å². The number of hydrogen-bond acceptors (Lipinski definition) is 3. The summed E-state index contributed by atoms with van der Waals surface area (Å²) in [5.74, 6) is -0.313. The molecule has 0 aliphatic carbocycles. The minimum Gasteiger partial charge on any atom is -0.384 e. The molecule has 0 unspecified atom stereocenters. The van der Waals surface area contributed by atoms with Crippen molar-refractivity contribution in [2.75, 3.05) is 11.9 Å². The Morgan fingerprint density at radius 2 is 1.94 bits per heavy atom. The molecule has 0 aliphatic heterocycles. The maximum absolute atomic E-state index is 12.9. The minimum atomic E-state index is -0.287. The van der Waals surface area contributed by atoms with Crippen molar-refractivity contribution in [2.45, 2.75) is 0 Å². The summed E-state index contributed by atoms with van der Waals surface area (Å²) in [6.07, 6.45) is 3.21. The summed E-state index contributed by atoms with van der Waals surface area (Å²) in [4.78, 5) is 5.83. The van der Waals surface area contributed by atoms with Crippen molar-refractivity contribution < 1.29 is 4.39 Å². The van der Waals surface area contributed by atoms with Crippen LogP contribution in [0.25, 0.3) is 0 Å². The second-order valence-corrected chi connectivity index (χ2v) is 3.84. The molecule has 0 fully saturated rings. The molecule has 0 amide bonds. The SMILES string of the molecule is CN(c1ccc(F)cc1)c1cnccc1C(=N)N. The Labute approximate surface area is 104 Å². The van der Waals surface area contributed by atoms with E-state index in [-0.39, 0.29) is 11.7 Å². The van der Waals surface area contributed by atoms with Crippen molar-refractivity contribution in [2.24, 2.45) is 5.73 Å². The van der Waals surface area contributed by atoms with E-state index in [2.05, 4.69) is 4.98 Å². The summed E-state index contributed by atoms with van der Waals surface area (Å²) >= 11 is 0. The Morgan fingerprint density at radius 3 is 2.56 bits per heavy atom. The number of rotatable bonds is 3. The molecular formula is C13H13FN4. The molecule has 0 bridgehead atoms. The fourth-order valence-electron chi connectivity index (χ4n) is 1.68. The van der Waals surface area contributed by atoms with Crippen molar-refractivity contribution in [3.63, 3.8) is 0 Å². The van der Waals surface area contributed by atoms with Gasteiger partial charge in [-0.05, 0) is 30.3 Å². The van der Waals surface area contributed by atoms with Crippen LogP contribution in [-0.4, -0.2) is 17.9 Å². The van der Waals surface area contributed by atoms with Crippen molar-refractivity contribution in [1.29, 1.82) is 5.41 Å². The van der Waals surface area contributed by atoms with E-state index < -0.39 is 0 Å². The maximum Gasteiger partial charge on any atom is 0.125 e. The number of benzene rings is 1. The molecule has 0 saturated heterocycles. The normalized spacial score (nSPS) is 10.1. The Morgan fingerprint density at radius 1 is 1.28 bits per heavy atom. The van der Waals surface area contributed by atoms with Crippen LogP contribution in [0.3, 0.4) is 0 Å². The van der Waals surface area contributed by atoms with Crippen LogP contribution in [0.2, 0.25) is 0 Å². The van der Waals surface area contributed by atoms with E-state index in [4.69, 9.17) is 11.1 Å². The minimum absolute atomic E-state index is 0.0265. The van der Waals surface area contributed by atoms with Gasteiger partial charge in [-0.1, -0.05) is 0 Å². The average molecular weight is 244 g/mol. The van der Waals surface area contributed by atoms with E-state index in [0.29, 0.717) is 11.3 Å². The fourth-order valence-corrected chi connectivity index (χ4v) is 1.68. The maximum atomic E-state index is 12.9. The zero-order valence-corrected chi connectivity index (χ0v) is 9.89. The molecule has 4 nitrogen and oxygen atoms in total. The lowest BCUT2D eigenvalue weighted by atomic mass is 10.2. The van der Waals surface area contributed by atoms with Crippen molar-refractivity contribution >= 4 is 17.2 Å². The van der Waals surface area contributed by atoms with Gasteiger partial charge in [-0.15, -0.1) is 0 Å². The van der Waals surface area contributed by atoms with Crippen LogP contribution in [0.1, 0.15) is 5.56 Å². The highest BCUT2D eigenvalue weighted by Gasteiger charge is 2.11. The molecule has 0 spiro atoms. The van der Waals surface area contributed by atoms with E-state index in [1.807, 2.05) is 11.9 Å². The largest absolute Gasteiger partial charge is 0.384 e. The average Bonchev–Trinajstić information content (AvgIpc) is 2.39. The standard InChI is InChI=1S/C13H13FN4/c1-18(10-4-2-9(14)3-5-10)12-8-17-7-6-11(12)13(15)16/h2-8H,1H3,(H3,15,16). The quantitative estimate of drug-likeness (QED) is 0.643. The Bertz CT molecular complexity index is 565. The van der Waals surface area contributed by atoms with E-state index in [0.717, 1.165) is 5.69 Å². The molecule has 0 atom stereocenters. The first-order chi connectivity index (χ1) is 8.59. The molecule has 92 valence electrons. The van der Waals surface area contributed by atoms with Gasteiger partial charge in [0.25, 0.3) is 0 Å². The number of nitrogens with zero attached hydrogens (tertiary/aromatic N) is 2. The van der Waals surface area contributed by atoms with E-state index in [9.17, 15) is 4.39 Å². The van der Waals surface area contributed by atoms with E-state index in [1.54, 1.807) is 30.6 Å². The molecule has 3 N–H and O–H groups in total. The van der Waals surface area contributed by atoms with Gasteiger partial charge in [0, 0.05) is 24.5 Å². The molecule has 2 rings (SSSR count). The molecule has 1 aromatic heterocycles. The zero-order valence-electron chi connectivity index (χ0n) is 9.89. The number of anilines is 2. The lowest BCUT2D eigenvalue weighted by Crippen LogP contribution is -2.18. The summed E-state index contributed by atoms with van der Waals surface area (Å²) in [6, 6.07) is 7.77. The van der Waals surface area contributed by atoms with Crippen LogP contribution in [0.15, 0.2) is 42.7 Å². The zero-order chi connectivity index (χ0) is 13.1. The van der Waals surface area contributed by atoms with Crippen molar-refractivity contribution in [1.82, 2.24) is 4.98 Å². The topological polar surface area (TPSA) is 66.0 Å². The highest BCUT2D eigenvalue weighted by Crippen LogP contribution is 2.25. The van der Waals surface area contributed by atoms with Gasteiger partial charge in [-0.2, -0.15) is 0 Å². The number of nitrogens with one attached hydrogen (secondary N) is 1. The molecule has 0 saturated carbocycles. The highest BCUT2D eigenvalue weighted by atomic mass is 19.1. The summed E-state index contributed by atoms with van der Waals surface area (Å²) in [7, 11) is 1.82. The lowest BCUT2D eigenvalue weighted by Gasteiger charge is -2.21. The fraction of sp³-hybridized carbons (Fsp3) is 0.0769. The first-order valence-corrected chi connectivity index (χ1v) is 5.37. The van der Waals surface area contributed by atoms with E-state index in [1.165, 1.54) is 12.1 Å². The molecule has 1 heterocycles. The van der Waals surface area contributed by atoms with Crippen molar-refractivity contribution in [3.8, 4) is 0 Å². The Hall–Kier alpha value is -2.43. The van der Waals surface area contributed by atoms with Gasteiger partial charge in [-0.25, -0.2) is 4.39 Å². The number of nitrogens with two attached hydrogens (primary N) is 1. The van der Waals surface area contributed by atoms with Gasteiger partial charge in [0.2, 0.25) is 0 Å². The number of nitrogen functional groups attached to an aromatic ring is 1. The van der Waals surface area contributed by atoms with Crippen LogP contribution in [-0.2, 0) is 0 Å². The van der Waals surface area contributed by atoms with Crippen LogP contribution >= 0.6 is 0 Å². The number of pyridine rings is 1. The van der Waals surface area contributed by atoms with Crippen LogP contribution in [0.4, 0.5) is 15.8 Å². The lowest BCUT2D eigenvalue weighted by molar-refractivity contribution is 0.628. The van der Waals surface area contributed by atoms with Crippen LogP contribution < -0.4 is 10.6 Å². The Kier molecular flexibility index (Phi) is 3.23. The van der Waals surface area contributed by atoms with Gasteiger partial charge in [0.1, 0.15) is 11.7 Å². The molecule has 0 radical (unpaired) electrons. The van der Waals surface area contributed by atoms with Gasteiger partial charge in [-0.3, -0.25) is 10.4 Å². The molecule has 2 aromatic rings. The monoisotopic (exact) mass is 244 g/mol. The Balaban J connectivity index is 2.42. The third-order valence-corrected chi connectivity index (χ3v) is 2.67. The second kappa shape index (κ2) is 4.83. The first-order valence-electron chi connectivity index (χ1n) is 5.37. The summed E-state index contributed by atoms with van der Waals surface area (Å²) < 4.78 is 12.9. The van der Waals surface area contributed by atoms with E-state index >= 15 is 0 Å². The molecule has 5 heteroatoms. The number of aromatic nitrogens is 1. The van der Waals surface area contributed by atoms with Gasteiger partial charge in [0.05, 0.1) is 11.9 Å². The summed E-state index contributed by atoms with van der Waals surface area (Å²) in [5, 5.41) is 7.53.